The fourth-order valence-electron chi connectivity index (χ4n) is 1.59. The van der Waals surface area contributed by atoms with E-state index in [2.05, 4.69) is 6.58 Å². The van der Waals surface area contributed by atoms with Crippen molar-refractivity contribution in [3.63, 3.8) is 0 Å². The summed E-state index contributed by atoms with van der Waals surface area (Å²) in [6.45, 7) is 4.47. The van der Waals surface area contributed by atoms with Gasteiger partial charge in [-0.2, -0.15) is 0 Å². The highest BCUT2D eigenvalue weighted by Crippen LogP contribution is 2.61. The van der Waals surface area contributed by atoms with Crippen LogP contribution in [-0.2, 0) is 15.5 Å². The molecule has 0 heterocycles. The average Bonchev–Trinajstić information content (AvgIpc) is 2.41. The molecule has 1 unspecified atom stereocenters. The number of halogens is 2. The van der Waals surface area contributed by atoms with Gasteiger partial charge in [-0.3, -0.25) is 4.52 Å². The van der Waals surface area contributed by atoms with Gasteiger partial charge in [-0.15, -0.1) is 6.58 Å². The van der Waals surface area contributed by atoms with Crippen LogP contribution in [0.4, 0.5) is 0 Å². The van der Waals surface area contributed by atoms with Gasteiger partial charge in [-0.25, -0.2) is 4.57 Å². The molecule has 0 radical (unpaired) electrons. The van der Waals surface area contributed by atoms with Crippen LogP contribution in [0.25, 0.3) is 0 Å². The number of rotatable bonds is 9. The van der Waals surface area contributed by atoms with Crippen LogP contribution < -0.4 is 4.52 Å². The first kappa shape index (κ1) is 18.9. The normalized spacial score (nSPS) is 13.7. The lowest BCUT2D eigenvalue weighted by Gasteiger charge is -2.20. The lowest BCUT2D eigenvalue weighted by Crippen LogP contribution is -1.99. The highest BCUT2D eigenvalue weighted by molar-refractivity contribution is 8.55. The third-order valence-corrected chi connectivity index (χ3v) is 6.82. The van der Waals surface area contributed by atoms with Crippen molar-refractivity contribution in [1.82, 2.24) is 0 Å². The molecule has 1 aromatic rings. The first-order valence-electron chi connectivity index (χ1n) is 6.63. The van der Waals surface area contributed by atoms with Crippen molar-refractivity contribution in [3.05, 3.63) is 40.4 Å². The molecule has 1 rings (SSSR count). The number of allylic oxidation sites excluding steroid dienone is 1. The van der Waals surface area contributed by atoms with Gasteiger partial charge >= 0.3 is 6.80 Å². The molecule has 0 N–H and O–H groups in total. The third kappa shape index (κ3) is 5.88. The molecule has 0 aliphatic rings. The maximum Gasteiger partial charge on any atom is 0.440 e. The summed E-state index contributed by atoms with van der Waals surface area (Å²) in [5, 5.41) is 0.813. The van der Waals surface area contributed by atoms with Gasteiger partial charge in [0.2, 0.25) is 0 Å². The number of benzene rings is 1. The molecular formula is C14H19Cl2O3PS. The minimum atomic E-state index is -3.30. The van der Waals surface area contributed by atoms with Gasteiger partial charge in [0.15, 0.2) is 5.75 Å². The van der Waals surface area contributed by atoms with Crippen LogP contribution in [0.2, 0.25) is 10.0 Å². The third-order valence-electron chi connectivity index (χ3n) is 2.39. The summed E-state index contributed by atoms with van der Waals surface area (Å²) >= 11 is 13.4. The summed E-state index contributed by atoms with van der Waals surface area (Å²) in [6.07, 6.45) is 3.10. The molecule has 21 heavy (non-hydrogen) atoms. The summed E-state index contributed by atoms with van der Waals surface area (Å²) in [4.78, 5) is 0. The van der Waals surface area contributed by atoms with E-state index >= 15 is 0 Å². The van der Waals surface area contributed by atoms with Crippen molar-refractivity contribution >= 4 is 41.4 Å². The first-order chi connectivity index (χ1) is 9.95. The van der Waals surface area contributed by atoms with Crippen LogP contribution >= 0.6 is 41.4 Å². The number of hydrogen-bond donors (Lipinski definition) is 0. The molecule has 0 aliphatic carbocycles. The molecular weight excluding hydrogens is 350 g/mol. The van der Waals surface area contributed by atoms with Crippen molar-refractivity contribution in [2.24, 2.45) is 0 Å². The second-order valence-electron chi connectivity index (χ2n) is 4.16. The predicted molar refractivity (Wildman–Crippen MR) is 93.0 cm³/mol. The second kappa shape index (κ2) is 9.12. The Kier molecular flexibility index (Phi) is 8.22. The van der Waals surface area contributed by atoms with Gasteiger partial charge in [0.05, 0.1) is 11.6 Å². The predicted octanol–water partition coefficient (Wildman–Crippen LogP) is 6.39. The smallest absolute Gasteiger partial charge is 0.415 e. The molecule has 0 bridgehead atoms. The van der Waals surface area contributed by atoms with Gasteiger partial charge in [0.25, 0.3) is 0 Å². The van der Waals surface area contributed by atoms with E-state index in [1.165, 1.54) is 11.4 Å². The molecule has 0 saturated carbocycles. The molecule has 0 spiro atoms. The zero-order valence-corrected chi connectivity index (χ0v) is 15.3. The van der Waals surface area contributed by atoms with Gasteiger partial charge < -0.3 is 4.52 Å². The average molecular weight is 369 g/mol. The Morgan fingerprint density at radius 3 is 2.67 bits per heavy atom. The summed E-state index contributed by atoms with van der Waals surface area (Å²) in [6, 6.07) is 3.29. The monoisotopic (exact) mass is 368 g/mol. The fraction of sp³-hybridized carbons (Fsp3) is 0.429. The van der Waals surface area contributed by atoms with Gasteiger partial charge in [-0.1, -0.05) is 36.2 Å². The SMILES string of the molecule is C=CCc1cc(Cl)cc(Cl)c1OP(=O)(OCC)SCCC. The Balaban J connectivity index is 3.12. The molecule has 7 heteroatoms. The molecule has 1 atom stereocenters. The van der Waals surface area contributed by atoms with E-state index in [4.69, 9.17) is 32.2 Å². The molecule has 0 aliphatic heterocycles. The summed E-state index contributed by atoms with van der Waals surface area (Å²) < 4.78 is 23.7. The Labute approximate surface area is 140 Å². The zero-order chi connectivity index (χ0) is 15.9. The minimum Gasteiger partial charge on any atom is -0.415 e. The van der Waals surface area contributed by atoms with Gasteiger partial charge in [0, 0.05) is 16.3 Å². The van der Waals surface area contributed by atoms with Gasteiger partial charge in [0.1, 0.15) is 0 Å². The van der Waals surface area contributed by atoms with Crippen LogP contribution in [0, 0.1) is 0 Å². The standard InChI is InChI=1S/C14H19Cl2O3PS/c1-4-7-11-9-12(15)10-13(16)14(11)19-20(17,18-6-3)21-8-5-2/h4,9-10H,1,5-8H2,2-3H3. The van der Waals surface area contributed by atoms with Crippen molar-refractivity contribution in [1.29, 1.82) is 0 Å². The van der Waals surface area contributed by atoms with Crippen molar-refractivity contribution in [2.75, 3.05) is 12.4 Å². The quantitative estimate of drug-likeness (QED) is 0.373. The van der Waals surface area contributed by atoms with Crippen LogP contribution in [0.5, 0.6) is 5.75 Å². The maximum atomic E-state index is 12.7. The van der Waals surface area contributed by atoms with Crippen LogP contribution in [0.3, 0.4) is 0 Å². The van der Waals surface area contributed by atoms with Crippen molar-refractivity contribution < 1.29 is 13.6 Å². The van der Waals surface area contributed by atoms with Crippen LogP contribution in [-0.4, -0.2) is 12.4 Å². The summed E-state index contributed by atoms with van der Waals surface area (Å²) in [7, 11) is 0. The maximum absolute atomic E-state index is 12.7. The Morgan fingerprint density at radius 1 is 1.38 bits per heavy atom. The second-order valence-corrected chi connectivity index (χ2v) is 9.12. The molecule has 0 fully saturated rings. The first-order valence-corrected chi connectivity index (χ1v) is 10.5. The minimum absolute atomic E-state index is 0.302. The highest BCUT2D eigenvalue weighted by Gasteiger charge is 2.28. The Morgan fingerprint density at radius 2 is 2.10 bits per heavy atom. The van der Waals surface area contributed by atoms with Crippen LogP contribution in [0.1, 0.15) is 25.8 Å². The van der Waals surface area contributed by atoms with E-state index in [1.807, 2.05) is 6.92 Å². The van der Waals surface area contributed by atoms with Crippen molar-refractivity contribution in [2.45, 2.75) is 26.7 Å². The summed E-state index contributed by atoms with van der Waals surface area (Å²) in [5.41, 5.74) is 0.736. The molecule has 0 saturated heterocycles. The largest absolute Gasteiger partial charge is 0.440 e. The zero-order valence-electron chi connectivity index (χ0n) is 12.1. The van der Waals surface area contributed by atoms with E-state index in [9.17, 15) is 4.57 Å². The highest BCUT2D eigenvalue weighted by atomic mass is 35.5. The molecule has 0 aromatic heterocycles. The van der Waals surface area contributed by atoms with E-state index in [1.54, 1.807) is 25.1 Å². The topological polar surface area (TPSA) is 35.5 Å². The lowest BCUT2D eigenvalue weighted by atomic mass is 10.1. The molecule has 1 aromatic carbocycles. The van der Waals surface area contributed by atoms with E-state index in [0.29, 0.717) is 34.6 Å². The molecule has 3 nitrogen and oxygen atoms in total. The number of hydrogen-bond acceptors (Lipinski definition) is 4. The van der Waals surface area contributed by atoms with E-state index < -0.39 is 6.80 Å². The van der Waals surface area contributed by atoms with Crippen LogP contribution in [0.15, 0.2) is 24.8 Å². The van der Waals surface area contributed by atoms with E-state index in [0.717, 1.165) is 12.0 Å². The Hall–Kier alpha value is -0.120. The van der Waals surface area contributed by atoms with Gasteiger partial charge in [-0.05, 0) is 43.3 Å². The Bertz CT molecular complexity index is 537. The summed E-state index contributed by atoms with van der Waals surface area (Å²) in [5.74, 6) is 1.03. The fourth-order valence-corrected chi connectivity index (χ4v) is 5.70. The van der Waals surface area contributed by atoms with Crippen molar-refractivity contribution in [3.8, 4) is 5.75 Å². The van der Waals surface area contributed by atoms with E-state index in [-0.39, 0.29) is 0 Å². The molecule has 118 valence electrons. The molecule has 0 amide bonds. The lowest BCUT2D eigenvalue weighted by molar-refractivity contribution is 0.295.